The molecular formula is C21H36N2O2. The van der Waals surface area contributed by atoms with Crippen LogP contribution in [0.5, 0.6) is 0 Å². The Hall–Kier alpha value is -1.55. The highest BCUT2D eigenvalue weighted by atomic mass is 16.6. The van der Waals surface area contributed by atoms with Crippen LogP contribution in [-0.2, 0) is 4.74 Å². The predicted molar refractivity (Wildman–Crippen MR) is 105 cm³/mol. The van der Waals surface area contributed by atoms with Gasteiger partial charge in [0.05, 0.1) is 6.04 Å². The van der Waals surface area contributed by atoms with Gasteiger partial charge in [0.15, 0.2) is 0 Å². The van der Waals surface area contributed by atoms with Crippen molar-refractivity contribution in [3.05, 3.63) is 35.9 Å². The van der Waals surface area contributed by atoms with Crippen LogP contribution in [0.25, 0.3) is 0 Å². The molecule has 0 saturated carbocycles. The number of amides is 1. The fraction of sp³-hybridized carbons (Fsp3) is 0.667. The minimum Gasteiger partial charge on any atom is -0.444 e. The quantitative estimate of drug-likeness (QED) is 0.724. The van der Waals surface area contributed by atoms with Gasteiger partial charge in [-0.1, -0.05) is 51.1 Å². The molecule has 2 unspecified atom stereocenters. The molecule has 2 atom stereocenters. The highest BCUT2D eigenvalue weighted by Gasteiger charge is 2.21. The number of rotatable bonds is 7. The molecule has 0 aromatic heterocycles. The number of hydrogen-bond donors (Lipinski definition) is 2. The second-order valence-corrected chi connectivity index (χ2v) is 9.02. The first kappa shape index (κ1) is 21.5. The third-order valence-electron chi connectivity index (χ3n) is 3.89. The number of benzene rings is 1. The number of hydrogen-bond acceptors (Lipinski definition) is 3. The van der Waals surface area contributed by atoms with E-state index in [-0.39, 0.29) is 12.1 Å². The van der Waals surface area contributed by atoms with Crippen LogP contribution in [0.3, 0.4) is 0 Å². The fourth-order valence-electron chi connectivity index (χ4n) is 2.46. The van der Waals surface area contributed by atoms with Gasteiger partial charge in [0, 0.05) is 12.6 Å². The van der Waals surface area contributed by atoms with Crippen molar-refractivity contribution >= 4 is 6.09 Å². The van der Waals surface area contributed by atoms with Gasteiger partial charge in [-0.25, -0.2) is 4.79 Å². The Morgan fingerprint density at radius 2 is 1.68 bits per heavy atom. The first-order chi connectivity index (χ1) is 11.5. The SMILES string of the molecule is CC(CCC(C)(C)C)NCC(NC(=O)OC(C)(C)C)c1ccccc1. The first-order valence-corrected chi connectivity index (χ1v) is 9.24. The van der Waals surface area contributed by atoms with Gasteiger partial charge in [-0.05, 0) is 51.5 Å². The summed E-state index contributed by atoms with van der Waals surface area (Å²) in [5.41, 5.74) is 0.909. The van der Waals surface area contributed by atoms with Gasteiger partial charge in [-0.15, -0.1) is 0 Å². The third kappa shape index (κ3) is 10.1. The topological polar surface area (TPSA) is 50.4 Å². The summed E-state index contributed by atoms with van der Waals surface area (Å²) in [6.07, 6.45) is 1.89. The largest absolute Gasteiger partial charge is 0.444 e. The molecule has 0 aliphatic carbocycles. The molecule has 2 N–H and O–H groups in total. The molecule has 142 valence electrons. The molecule has 1 rings (SSSR count). The summed E-state index contributed by atoms with van der Waals surface area (Å²) in [4.78, 5) is 12.2. The lowest BCUT2D eigenvalue weighted by molar-refractivity contribution is 0.0502. The molecule has 0 saturated heterocycles. The molecule has 0 heterocycles. The van der Waals surface area contributed by atoms with Gasteiger partial charge in [0.2, 0.25) is 0 Å². The van der Waals surface area contributed by atoms with Crippen LogP contribution in [0.1, 0.15) is 72.9 Å². The van der Waals surface area contributed by atoms with E-state index in [4.69, 9.17) is 4.74 Å². The van der Waals surface area contributed by atoms with Crippen molar-refractivity contribution in [3.8, 4) is 0 Å². The molecule has 25 heavy (non-hydrogen) atoms. The smallest absolute Gasteiger partial charge is 0.408 e. The minimum absolute atomic E-state index is 0.117. The molecule has 1 amide bonds. The molecule has 0 radical (unpaired) electrons. The Morgan fingerprint density at radius 1 is 1.08 bits per heavy atom. The summed E-state index contributed by atoms with van der Waals surface area (Å²) in [5, 5.41) is 6.55. The van der Waals surface area contributed by atoms with Gasteiger partial charge in [0.25, 0.3) is 0 Å². The molecule has 0 spiro atoms. The van der Waals surface area contributed by atoms with Crippen LogP contribution in [0, 0.1) is 5.41 Å². The summed E-state index contributed by atoms with van der Waals surface area (Å²) in [5.74, 6) is 0. The van der Waals surface area contributed by atoms with Crippen LogP contribution in [0.15, 0.2) is 30.3 Å². The van der Waals surface area contributed by atoms with Crippen LogP contribution in [0.4, 0.5) is 4.79 Å². The monoisotopic (exact) mass is 348 g/mol. The van der Waals surface area contributed by atoms with E-state index in [9.17, 15) is 4.79 Å². The lowest BCUT2D eigenvalue weighted by atomic mass is 9.89. The number of carbonyl (C=O) groups is 1. The van der Waals surface area contributed by atoms with Crippen molar-refractivity contribution < 1.29 is 9.53 Å². The molecule has 0 fully saturated rings. The Labute approximate surface area is 153 Å². The zero-order valence-electron chi connectivity index (χ0n) is 17.0. The Morgan fingerprint density at radius 3 is 2.20 bits per heavy atom. The zero-order chi connectivity index (χ0) is 19.1. The van der Waals surface area contributed by atoms with Gasteiger partial charge in [0.1, 0.15) is 5.60 Å². The summed E-state index contributed by atoms with van der Waals surface area (Å²) in [6, 6.07) is 10.3. The summed E-state index contributed by atoms with van der Waals surface area (Å²) in [6.45, 7) is 15.3. The van der Waals surface area contributed by atoms with Gasteiger partial charge in [-0.2, -0.15) is 0 Å². The second-order valence-electron chi connectivity index (χ2n) is 9.02. The number of nitrogens with one attached hydrogen (secondary N) is 2. The van der Waals surface area contributed by atoms with Gasteiger partial charge in [-0.3, -0.25) is 0 Å². The van der Waals surface area contributed by atoms with Crippen molar-refractivity contribution in [1.29, 1.82) is 0 Å². The molecule has 1 aromatic rings. The molecule has 0 bridgehead atoms. The van der Waals surface area contributed by atoms with Gasteiger partial charge >= 0.3 is 6.09 Å². The average molecular weight is 349 g/mol. The lowest BCUT2D eigenvalue weighted by Gasteiger charge is -2.26. The maximum absolute atomic E-state index is 12.2. The highest BCUT2D eigenvalue weighted by molar-refractivity contribution is 5.68. The van der Waals surface area contributed by atoms with E-state index >= 15 is 0 Å². The Bertz CT molecular complexity index is 515. The maximum atomic E-state index is 12.2. The Kier molecular flexibility index (Phi) is 7.94. The second kappa shape index (κ2) is 9.23. The first-order valence-electron chi connectivity index (χ1n) is 9.24. The van der Waals surface area contributed by atoms with E-state index < -0.39 is 5.60 Å². The summed E-state index contributed by atoms with van der Waals surface area (Å²) >= 11 is 0. The highest BCUT2D eigenvalue weighted by Crippen LogP contribution is 2.22. The predicted octanol–water partition coefficient (Wildman–Crippen LogP) is 5.06. The molecule has 4 heteroatoms. The van der Waals surface area contributed by atoms with E-state index in [0.717, 1.165) is 18.4 Å². The van der Waals surface area contributed by atoms with Crippen LogP contribution in [0.2, 0.25) is 0 Å². The third-order valence-corrected chi connectivity index (χ3v) is 3.89. The van der Waals surface area contributed by atoms with Crippen LogP contribution in [-0.4, -0.2) is 24.3 Å². The normalized spacial score (nSPS) is 14.7. The maximum Gasteiger partial charge on any atom is 0.408 e. The van der Waals surface area contributed by atoms with Crippen LogP contribution >= 0.6 is 0 Å². The molecule has 1 aromatic carbocycles. The minimum atomic E-state index is -0.501. The summed E-state index contributed by atoms with van der Waals surface area (Å²) < 4.78 is 5.41. The number of ether oxygens (including phenoxy) is 1. The zero-order valence-corrected chi connectivity index (χ0v) is 17.0. The molecule has 0 aliphatic heterocycles. The van der Waals surface area contributed by atoms with E-state index in [2.05, 4.69) is 38.3 Å². The van der Waals surface area contributed by atoms with Crippen molar-refractivity contribution in [1.82, 2.24) is 10.6 Å². The van der Waals surface area contributed by atoms with E-state index in [1.54, 1.807) is 0 Å². The van der Waals surface area contributed by atoms with Crippen molar-refractivity contribution in [2.75, 3.05) is 6.54 Å². The van der Waals surface area contributed by atoms with Crippen molar-refractivity contribution in [2.24, 2.45) is 5.41 Å². The fourth-order valence-corrected chi connectivity index (χ4v) is 2.46. The molecule has 4 nitrogen and oxygen atoms in total. The van der Waals surface area contributed by atoms with Crippen molar-refractivity contribution in [3.63, 3.8) is 0 Å². The van der Waals surface area contributed by atoms with E-state index in [1.807, 2.05) is 51.1 Å². The molecular weight excluding hydrogens is 312 g/mol. The van der Waals surface area contributed by atoms with Crippen molar-refractivity contribution in [2.45, 2.75) is 79.0 Å². The van der Waals surface area contributed by atoms with Gasteiger partial charge < -0.3 is 15.4 Å². The lowest BCUT2D eigenvalue weighted by Crippen LogP contribution is -2.41. The average Bonchev–Trinajstić information content (AvgIpc) is 2.47. The van der Waals surface area contributed by atoms with E-state index in [0.29, 0.717) is 18.0 Å². The summed E-state index contributed by atoms with van der Waals surface area (Å²) in [7, 11) is 0. The Balaban J connectivity index is 2.65. The number of alkyl carbamates (subject to hydrolysis) is 1. The molecule has 0 aliphatic rings. The van der Waals surface area contributed by atoms with Crippen LogP contribution < -0.4 is 10.6 Å². The number of carbonyl (C=O) groups excluding carboxylic acids is 1. The standard InChI is InChI=1S/C21H36N2O2/c1-16(13-14-20(2,3)4)22-15-18(17-11-9-8-10-12-17)23-19(24)25-21(5,6)7/h8-12,16,18,22H,13-15H2,1-7H3,(H,23,24). The van der Waals surface area contributed by atoms with E-state index in [1.165, 1.54) is 0 Å².